The third-order valence-corrected chi connectivity index (χ3v) is 3.43. The van der Waals surface area contributed by atoms with Crippen LogP contribution in [-0.2, 0) is 0 Å². The van der Waals surface area contributed by atoms with Crippen LogP contribution in [0.25, 0.3) is 0 Å². The summed E-state index contributed by atoms with van der Waals surface area (Å²) in [5, 5.41) is 19.0. The van der Waals surface area contributed by atoms with Gasteiger partial charge in [-0.1, -0.05) is 32.0 Å². The molecule has 1 aromatic carbocycles. The topological polar surface area (TPSA) is 40.5 Å². The first-order valence-electron chi connectivity index (χ1n) is 5.23. The van der Waals surface area contributed by atoms with Gasteiger partial charge in [0, 0.05) is 10.1 Å². The van der Waals surface area contributed by atoms with Crippen molar-refractivity contribution in [3.05, 3.63) is 29.8 Å². The lowest BCUT2D eigenvalue weighted by Crippen LogP contribution is -2.04. The van der Waals surface area contributed by atoms with Gasteiger partial charge in [0.1, 0.15) is 0 Å². The zero-order chi connectivity index (χ0) is 11.3. The zero-order valence-electron chi connectivity index (χ0n) is 9.18. The van der Waals surface area contributed by atoms with Crippen LogP contribution in [0.5, 0.6) is 0 Å². The molecule has 15 heavy (non-hydrogen) atoms. The Hall–Kier alpha value is -0.510. The van der Waals surface area contributed by atoms with Gasteiger partial charge < -0.3 is 10.2 Å². The zero-order valence-corrected chi connectivity index (χ0v) is 10.00. The summed E-state index contributed by atoms with van der Waals surface area (Å²) in [5.74, 6) is 0. The van der Waals surface area contributed by atoms with Gasteiger partial charge in [-0.15, -0.1) is 11.8 Å². The maximum absolute atomic E-state index is 9.82. The second-order valence-corrected chi connectivity index (χ2v) is 5.05. The molecule has 0 bridgehead atoms. The Labute approximate surface area is 95.3 Å². The van der Waals surface area contributed by atoms with E-state index in [2.05, 4.69) is 0 Å². The summed E-state index contributed by atoms with van der Waals surface area (Å²) in [5.41, 5.74) is 0.963. The van der Waals surface area contributed by atoms with Crippen molar-refractivity contribution in [1.29, 1.82) is 0 Å². The predicted octanol–water partition coefficient (Wildman–Crippen LogP) is 2.60. The Morgan fingerprint density at radius 2 is 2.00 bits per heavy atom. The number of aliphatic hydroxyl groups is 2. The van der Waals surface area contributed by atoms with Crippen LogP contribution >= 0.6 is 11.8 Å². The molecule has 0 aliphatic rings. The molecule has 2 N–H and O–H groups in total. The SMILES string of the molecule is CCC(O)c1ccccc1SC(C)CO. The highest BCUT2D eigenvalue weighted by molar-refractivity contribution is 8.00. The van der Waals surface area contributed by atoms with Gasteiger partial charge in [0.2, 0.25) is 0 Å². The van der Waals surface area contributed by atoms with Gasteiger partial charge in [-0.05, 0) is 18.1 Å². The van der Waals surface area contributed by atoms with E-state index >= 15 is 0 Å². The van der Waals surface area contributed by atoms with Crippen LogP contribution in [0, 0.1) is 0 Å². The molecule has 0 saturated carbocycles. The van der Waals surface area contributed by atoms with E-state index in [1.165, 1.54) is 0 Å². The molecule has 0 saturated heterocycles. The molecule has 2 nitrogen and oxygen atoms in total. The molecule has 2 unspecified atom stereocenters. The highest BCUT2D eigenvalue weighted by Gasteiger charge is 2.12. The largest absolute Gasteiger partial charge is 0.395 e. The second kappa shape index (κ2) is 6.16. The fourth-order valence-electron chi connectivity index (χ4n) is 1.34. The summed E-state index contributed by atoms with van der Waals surface area (Å²) in [4.78, 5) is 1.06. The van der Waals surface area contributed by atoms with Crippen molar-refractivity contribution in [2.24, 2.45) is 0 Å². The van der Waals surface area contributed by atoms with Crippen molar-refractivity contribution < 1.29 is 10.2 Å². The van der Waals surface area contributed by atoms with Crippen LogP contribution in [-0.4, -0.2) is 22.1 Å². The van der Waals surface area contributed by atoms with Crippen LogP contribution < -0.4 is 0 Å². The van der Waals surface area contributed by atoms with E-state index in [4.69, 9.17) is 5.11 Å². The molecule has 0 heterocycles. The summed E-state index contributed by atoms with van der Waals surface area (Å²) in [6.07, 6.45) is 0.310. The van der Waals surface area contributed by atoms with Crippen molar-refractivity contribution in [1.82, 2.24) is 0 Å². The Bertz CT molecular complexity index is 301. The summed E-state index contributed by atoms with van der Waals surface area (Å²) >= 11 is 1.60. The van der Waals surface area contributed by atoms with E-state index < -0.39 is 6.10 Å². The Balaban J connectivity index is 2.86. The van der Waals surface area contributed by atoms with Crippen LogP contribution in [0.15, 0.2) is 29.2 Å². The normalized spacial score (nSPS) is 14.9. The number of benzene rings is 1. The first-order chi connectivity index (χ1) is 7.19. The van der Waals surface area contributed by atoms with Gasteiger partial charge >= 0.3 is 0 Å². The highest BCUT2D eigenvalue weighted by atomic mass is 32.2. The third-order valence-electron chi connectivity index (χ3n) is 2.25. The van der Waals surface area contributed by atoms with Crippen molar-refractivity contribution >= 4 is 11.8 Å². The molecular formula is C12H18O2S. The van der Waals surface area contributed by atoms with Gasteiger partial charge in [-0.3, -0.25) is 0 Å². The van der Waals surface area contributed by atoms with Gasteiger partial charge in [0.25, 0.3) is 0 Å². The maximum atomic E-state index is 9.82. The minimum Gasteiger partial charge on any atom is -0.395 e. The van der Waals surface area contributed by atoms with Crippen LogP contribution in [0.2, 0.25) is 0 Å². The predicted molar refractivity (Wildman–Crippen MR) is 64.1 cm³/mol. The summed E-state index contributed by atoms with van der Waals surface area (Å²) in [7, 11) is 0. The minimum absolute atomic E-state index is 0.154. The van der Waals surface area contributed by atoms with Crippen molar-refractivity contribution in [2.75, 3.05) is 6.61 Å². The fraction of sp³-hybridized carbons (Fsp3) is 0.500. The summed E-state index contributed by atoms with van der Waals surface area (Å²) in [6.45, 7) is 4.09. The highest BCUT2D eigenvalue weighted by Crippen LogP contribution is 2.31. The average molecular weight is 226 g/mol. The average Bonchev–Trinajstić information content (AvgIpc) is 2.28. The monoisotopic (exact) mass is 226 g/mol. The molecule has 0 amide bonds. The number of aliphatic hydroxyl groups excluding tert-OH is 2. The Kier molecular flexibility index (Phi) is 5.15. The standard InChI is InChI=1S/C12H18O2S/c1-3-11(14)10-6-4-5-7-12(10)15-9(2)8-13/h4-7,9,11,13-14H,3,8H2,1-2H3. The maximum Gasteiger partial charge on any atom is 0.0798 e. The minimum atomic E-state index is -0.403. The molecular weight excluding hydrogens is 208 g/mol. The summed E-state index contributed by atoms with van der Waals surface area (Å²) < 4.78 is 0. The molecule has 84 valence electrons. The van der Waals surface area contributed by atoms with Crippen LogP contribution in [0.4, 0.5) is 0 Å². The molecule has 1 rings (SSSR count). The first kappa shape index (κ1) is 12.6. The lowest BCUT2D eigenvalue weighted by Gasteiger charge is -2.15. The molecule has 3 heteroatoms. The Morgan fingerprint density at radius 1 is 1.33 bits per heavy atom. The lowest BCUT2D eigenvalue weighted by molar-refractivity contribution is 0.171. The molecule has 0 aliphatic carbocycles. The molecule has 0 radical (unpaired) electrons. The lowest BCUT2D eigenvalue weighted by atomic mass is 10.1. The number of hydrogen-bond acceptors (Lipinski definition) is 3. The molecule has 0 aromatic heterocycles. The van der Waals surface area contributed by atoms with Crippen molar-refractivity contribution in [3.8, 4) is 0 Å². The molecule has 0 fully saturated rings. The van der Waals surface area contributed by atoms with Crippen LogP contribution in [0.1, 0.15) is 31.9 Å². The van der Waals surface area contributed by atoms with Gasteiger partial charge in [0.05, 0.1) is 12.7 Å². The smallest absolute Gasteiger partial charge is 0.0798 e. The third kappa shape index (κ3) is 3.52. The molecule has 2 atom stereocenters. The molecule has 1 aromatic rings. The van der Waals surface area contributed by atoms with E-state index in [9.17, 15) is 5.11 Å². The van der Waals surface area contributed by atoms with E-state index in [1.54, 1.807) is 11.8 Å². The quantitative estimate of drug-likeness (QED) is 0.758. The number of hydrogen-bond donors (Lipinski definition) is 2. The van der Waals surface area contributed by atoms with Gasteiger partial charge in [-0.25, -0.2) is 0 Å². The first-order valence-corrected chi connectivity index (χ1v) is 6.11. The summed E-state index contributed by atoms with van der Waals surface area (Å²) in [6, 6.07) is 7.83. The molecule has 0 spiro atoms. The van der Waals surface area contributed by atoms with E-state index in [-0.39, 0.29) is 11.9 Å². The van der Waals surface area contributed by atoms with Crippen LogP contribution in [0.3, 0.4) is 0 Å². The van der Waals surface area contributed by atoms with Crippen molar-refractivity contribution in [2.45, 2.75) is 36.5 Å². The Morgan fingerprint density at radius 3 is 2.60 bits per heavy atom. The van der Waals surface area contributed by atoms with Gasteiger partial charge in [0.15, 0.2) is 0 Å². The van der Waals surface area contributed by atoms with E-state index in [0.717, 1.165) is 10.5 Å². The van der Waals surface area contributed by atoms with Gasteiger partial charge in [-0.2, -0.15) is 0 Å². The van der Waals surface area contributed by atoms with E-state index in [1.807, 2.05) is 38.1 Å². The fourth-order valence-corrected chi connectivity index (χ4v) is 2.34. The van der Waals surface area contributed by atoms with E-state index in [0.29, 0.717) is 6.42 Å². The number of thioether (sulfide) groups is 1. The molecule has 0 aliphatic heterocycles. The number of rotatable bonds is 5. The van der Waals surface area contributed by atoms with Crippen molar-refractivity contribution in [3.63, 3.8) is 0 Å². The second-order valence-electron chi connectivity index (χ2n) is 3.57.